The molecular weight excluding hydrogens is 500 g/mol. The molecule has 5 heterocycles. The van der Waals surface area contributed by atoms with Gasteiger partial charge in [0.2, 0.25) is 0 Å². The van der Waals surface area contributed by atoms with Gasteiger partial charge in [-0.3, -0.25) is 15.0 Å². The number of aromatic nitrogens is 5. The molecule has 6 nitrogen and oxygen atoms in total. The maximum atomic E-state index is 4.99. The van der Waals surface area contributed by atoms with Crippen LogP contribution in [-0.4, -0.2) is 49.7 Å². The number of imidazole rings is 1. The minimum atomic E-state index is 0.720. The third kappa shape index (κ3) is 4.91. The van der Waals surface area contributed by atoms with Crippen LogP contribution in [0.1, 0.15) is 37.1 Å². The van der Waals surface area contributed by atoms with Crippen LogP contribution in [0.2, 0.25) is 0 Å². The quantitative estimate of drug-likeness (QED) is 0.199. The highest BCUT2D eigenvalue weighted by Crippen LogP contribution is 2.35. The first-order chi connectivity index (χ1) is 19.0. The molecule has 0 unspecified atom stereocenters. The van der Waals surface area contributed by atoms with Crippen molar-refractivity contribution in [3.8, 4) is 22.1 Å². The minimum absolute atomic E-state index is 0.720. The van der Waals surface area contributed by atoms with Crippen molar-refractivity contribution in [1.82, 2.24) is 30.0 Å². The molecule has 4 aromatic heterocycles. The number of nitrogens with one attached hydrogen (secondary N) is 2. The number of pyridine rings is 1. The van der Waals surface area contributed by atoms with E-state index in [2.05, 4.69) is 87.6 Å². The Morgan fingerprint density at radius 1 is 1.10 bits per heavy atom. The average molecular weight is 533 g/mol. The number of hydrogen-bond donors (Lipinski definition) is 2. The summed E-state index contributed by atoms with van der Waals surface area (Å²) in [5, 5.41) is 8.87. The first kappa shape index (κ1) is 25.2. The molecule has 2 N–H and O–H groups in total. The van der Waals surface area contributed by atoms with Crippen molar-refractivity contribution in [2.45, 2.75) is 26.7 Å². The van der Waals surface area contributed by atoms with Crippen LogP contribution in [0.3, 0.4) is 0 Å². The van der Waals surface area contributed by atoms with E-state index in [0.29, 0.717) is 0 Å². The maximum Gasteiger partial charge on any atom is 0.159 e. The lowest BCUT2D eigenvalue weighted by atomic mass is 10.00. The van der Waals surface area contributed by atoms with Gasteiger partial charge in [-0.15, -0.1) is 11.3 Å². The number of aromatic amines is 2. The molecule has 0 amide bonds. The van der Waals surface area contributed by atoms with Crippen molar-refractivity contribution < 1.29 is 0 Å². The van der Waals surface area contributed by atoms with Gasteiger partial charge in [0.05, 0.1) is 15.9 Å². The Hall–Kier alpha value is -4.07. The van der Waals surface area contributed by atoms with Crippen LogP contribution in [-0.2, 0) is 0 Å². The van der Waals surface area contributed by atoms with Crippen LogP contribution in [0, 0.1) is 0 Å². The lowest BCUT2D eigenvalue weighted by molar-refractivity contribution is 0.371. The Morgan fingerprint density at radius 2 is 1.95 bits per heavy atom. The van der Waals surface area contributed by atoms with Crippen molar-refractivity contribution in [3.63, 3.8) is 0 Å². The van der Waals surface area contributed by atoms with Crippen molar-refractivity contribution in [2.75, 3.05) is 19.6 Å². The summed E-state index contributed by atoms with van der Waals surface area (Å²) in [7, 11) is 0. The molecule has 6 rings (SSSR count). The molecular formula is C32H32N6S. The second-order valence-corrected chi connectivity index (χ2v) is 11.2. The molecule has 196 valence electrons. The van der Waals surface area contributed by atoms with E-state index < -0.39 is 0 Å². The molecule has 0 saturated carbocycles. The second kappa shape index (κ2) is 10.6. The highest BCUT2D eigenvalue weighted by Gasteiger charge is 2.18. The van der Waals surface area contributed by atoms with Crippen molar-refractivity contribution in [3.05, 3.63) is 90.0 Å². The first-order valence-electron chi connectivity index (χ1n) is 13.4. The molecule has 0 radical (unpaired) electrons. The van der Waals surface area contributed by atoms with E-state index in [-0.39, 0.29) is 0 Å². The van der Waals surface area contributed by atoms with E-state index in [1.54, 1.807) is 11.3 Å². The lowest BCUT2D eigenvalue weighted by Crippen LogP contribution is -2.21. The molecule has 0 aliphatic carbocycles. The highest BCUT2D eigenvalue weighted by atomic mass is 32.1. The Balaban J connectivity index is 1.37. The molecule has 1 saturated heterocycles. The fourth-order valence-electron chi connectivity index (χ4n) is 5.20. The molecule has 0 bridgehead atoms. The third-order valence-electron chi connectivity index (χ3n) is 7.30. The number of hydrogen-bond acceptors (Lipinski definition) is 5. The fourth-order valence-corrected chi connectivity index (χ4v) is 6.13. The number of likely N-dealkylation sites (tertiary alicyclic amines) is 1. The lowest BCUT2D eigenvalue weighted by Gasteiger charge is -2.15. The van der Waals surface area contributed by atoms with Gasteiger partial charge in [0.15, 0.2) is 5.82 Å². The molecule has 5 aromatic rings. The minimum Gasteiger partial charge on any atom is -0.336 e. The zero-order valence-corrected chi connectivity index (χ0v) is 23.2. The number of nitrogens with zero attached hydrogens (tertiary/aromatic N) is 4. The van der Waals surface area contributed by atoms with E-state index in [1.165, 1.54) is 24.0 Å². The molecule has 1 aromatic carbocycles. The summed E-state index contributed by atoms with van der Waals surface area (Å²) in [6.45, 7) is 15.5. The Bertz CT molecular complexity index is 1760. The van der Waals surface area contributed by atoms with Crippen molar-refractivity contribution >= 4 is 44.4 Å². The third-order valence-corrected chi connectivity index (χ3v) is 8.55. The van der Waals surface area contributed by atoms with Gasteiger partial charge < -0.3 is 4.98 Å². The SMILES string of the molecule is C=C/C(=C\C(=C/C)c1ccc2[nH]nc(-c3nc4c(-c5ccc(C(=C)C)s5)nccc4[nH]3)c2c1)CN1CCCC1. The zero-order valence-electron chi connectivity index (χ0n) is 22.4. The van der Waals surface area contributed by atoms with Crippen LogP contribution in [0.25, 0.3) is 55.2 Å². The second-order valence-electron chi connectivity index (χ2n) is 10.1. The van der Waals surface area contributed by atoms with E-state index >= 15 is 0 Å². The van der Waals surface area contributed by atoms with Gasteiger partial charge >= 0.3 is 0 Å². The van der Waals surface area contributed by atoms with Gasteiger partial charge in [0.1, 0.15) is 16.9 Å². The summed E-state index contributed by atoms with van der Waals surface area (Å²) < 4.78 is 0. The Morgan fingerprint density at radius 3 is 2.69 bits per heavy atom. The predicted octanol–water partition coefficient (Wildman–Crippen LogP) is 7.87. The largest absolute Gasteiger partial charge is 0.336 e. The number of H-pyrrole nitrogens is 2. The summed E-state index contributed by atoms with van der Waals surface area (Å²) in [6, 6.07) is 12.6. The van der Waals surface area contributed by atoms with E-state index in [1.807, 2.05) is 25.3 Å². The van der Waals surface area contributed by atoms with Gasteiger partial charge in [0.25, 0.3) is 0 Å². The zero-order chi connectivity index (χ0) is 26.9. The van der Waals surface area contributed by atoms with Gasteiger partial charge in [-0.1, -0.05) is 37.5 Å². The van der Waals surface area contributed by atoms with Crippen LogP contribution in [0.4, 0.5) is 0 Å². The normalized spacial score (nSPS) is 15.0. The van der Waals surface area contributed by atoms with Crippen LogP contribution in [0.5, 0.6) is 0 Å². The average Bonchev–Trinajstić information content (AvgIpc) is 3.76. The summed E-state index contributed by atoms with van der Waals surface area (Å²) >= 11 is 1.68. The molecule has 1 aliphatic rings. The first-order valence-corrected chi connectivity index (χ1v) is 14.2. The standard InChI is InChI=1S/C32H32N6S/c1-5-21(19-38-15-7-8-16-38)17-22(6-2)23-9-10-25-24(18-23)29(37-36-25)32-34-26-13-14-33-31(30(26)35-32)28-12-11-27(39-28)20(3)4/h5-6,9-14,17-18H,1,3,7-8,15-16,19H2,2,4H3,(H,34,35)(H,36,37)/b21-17+,22-6+. The summed E-state index contributed by atoms with van der Waals surface area (Å²) in [4.78, 5) is 17.9. The van der Waals surface area contributed by atoms with Gasteiger partial charge in [-0.25, -0.2) is 4.98 Å². The maximum absolute atomic E-state index is 4.99. The van der Waals surface area contributed by atoms with Crippen molar-refractivity contribution in [2.24, 2.45) is 0 Å². The van der Waals surface area contributed by atoms with Gasteiger partial charge in [-0.2, -0.15) is 5.10 Å². The predicted molar refractivity (Wildman–Crippen MR) is 165 cm³/mol. The molecule has 7 heteroatoms. The smallest absolute Gasteiger partial charge is 0.159 e. The van der Waals surface area contributed by atoms with E-state index in [0.717, 1.165) is 79.7 Å². The summed E-state index contributed by atoms with van der Waals surface area (Å²) in [6.07, 6.45) is 10.8. The highest BCUT2D eigenvalue weighted by molar-refractivity contribution is 7.16. The van der Waals surface area contributed by atoms with E-state index in [9.17, 15) is 0 Å². The number of allylic oxidation sites excluding steroid dienone is 4. The topological polar surface area (TPSA) is 73.5 Å². The molecule has 0 atom stereocenters. The molecule has 1 fully saturated rings. The number of fused-ring (bicyclic) bond motifs is 2. The fraction of sp³-hybridized carbons (Fsp3) is 0.219. The van der Waals surface area contributed by atoms with Crippen molar-refractivity contribution in [1.29, 1.82) is 0 Å². The molecule has 0 spiro atoms. The number of rotatable bonds is 8. The van der Waals surface area contributed by atoms with Crippen LogP contribution >= 0.6 is 11.3 Å². The Kier molecular flexibility index (Phi) is 6.85. The Labute approximate surface area is 232 Å². The summed E-state index contributed by atoms with van der Waals surface area (Å²) in [5.74, 6) is 0.720. The summed E-state index contributed by atoms with van der Waals surface area (Å²) in [5.41, 5.74) is 8.99. The van der Waals surface area contributed by atoms with Crippen LogP contribution < -0.4 is 0 Å². The van der Waals surface area contributed by atoms with Gasteiger partial charge in [0, 0.05) is 23.0 Å². The van der Waals surface area contributed by atoms with E-state index in [4.69, 9.17) is 4.98 Å². The van der Waals surface area contributed by atoms with Crippen LogP contribution in [0.15, 0.2) is 79.6 Å². The molecule has 39 heavy (non-hydrogen) atoms. The number of benzene rings is 1. The van der Waals surface area contributed by atoms with Gasteiger partial charge in [-0.05, 0) is 92.4 Å². The molecule has 1 aliphatic heterocycles. The monoisotopic (exact) mass is 532 g/mol. The number of thiophene rings is 1.